The van der Waals surface area contributed by atoms with Gasteiger partial charge in [-0.3, -0.25) is 0 Å². The Bertz CT molecular complexity index is 314. The number of aryl methyl sites for hydroxylation is 2. The molecule has 0 bridgehead atoms. The van der Waals surface area contributed by atoms with E-state index in [9.17, 15) is 0 Å². The maximum absolute atomic E-state index is 5.28. The van der Waals surface area contributed by atoms with E-state index in [1.54, 1.807) is 7.11 Å². The highest BCUT2D eigenvalue weighted by Gasteiger charge is 2.04. The molecule has 0 saturated carbocycles. The first-order valence-corrected chi connectivity index (χ1v) is 4.37. The molecule has 1 rings (SSSR count). The molecule has 0 unspecified atom stereocenters. The molecule has 0 aliphatic rings. The summed E-state index contributed by atoms with van der Waals surface area (Å²) in [6, 6.07) is 4.21. The Morgan fingerprint density at radius 2 is 1.69 bits per heavy atom. The van der Waals surface area contributed by atoms with Crippen molar-refractivity contribution in [3.05, 3.63) is 35.4 Å². The van der Waals surface area contributed by atoms with Crippen LogP contribution in [0, 0.1) is 13.8 Å². The van der Waals surface area contributed by atoms with Crippen LogP contribution in [0.1, 0.15) is 23.6 Å². The van der Waals surface area contributed by atoms with Crippen molar-refractivity contribution < 1.29 is 4.74 Å². The SMILES string of the molecule is C=C(C)c1cc(C)c(OC)c(C)c1. The van der Waals surface area contributed by atoms with Crippen molar-refractivity contribution in [3.63, 3.8) is 0 Å². The first-order valence-electron chi connectivity index (χ1n) is 4.37. The molecule has 0 aliphatic heterocycles. The summed E-state index contributed by atoms with van der Waals surface area (Å²) in [7, 11) is 1.70. The van der Waals surface area contributed by atoms with Gasteiger partial charge >= 0.3 is 0 Å². The summed E-state index contributed by atoms with van der Waals surface area (Å²) in [6.07, 6.45) is 0. The van der Waals surface area contributed by atoms with Gasteiger partial charge in [0.1, 0.15) is 5.75 Å². The fraction of sp³-hybridized carbons (Fsp3) is 0.333. The lowest BCUT2D eigenvalue weighted by atomic mass is 10.0. The zero-order valence-electron chi connectivity index (χ0n) is 8.77. The minimum Gasteiger partial charge on any atom is -0.496 e. The smallest absolute Gasteiger partial charge is 0.124 e. The highest BCUT2D eigenvalue weighted by molar-refractivity contribution is 5.64. The lowest BCUT2D eigenvalue weighted by Crippen LogP contribution is -1.92. The molecule has 0 heterocycles. The van der Waals surface area contributed by atoms with Gasteiger partial charge in [0.05, 0.1) is 7.11 Å². The molecule has 0 saturated heterocycles. The minimum absolute atomic E-state index is 0.977. The first-order chi connectivity index (χ1) is 6.06. The third-order valence-corrected chi connectivity index (χ3v) is 2.16. The summed E-state index contributed by atoms with van der Waals surface area (Å²) in [5.74, 6) is 0.977. The van der Waals surface area contributed by atoms with Gasteiger partial charge in [0.2, 0.25) is 0 Å². The van der Waals surface area contributed by atoms with Crippen LogP contribution in [-0.4, -0.2) is 7.11 Å². The number of hydrogen-bond donors (Lipinski definition) is 0. The number of methoxy groups -OCH3 is 1. The summed E-state index contributed by atoms with van der Waals surface area (Å²) < 4.78 is 5.28. The molecule has 1 heteroatoms. The third-order valence-electron chi connectivity index (χ3n) is 2.16. The Kier molecular flexibility index (Phi) is 2.76. The van der Waals surface area contributed by atoms with Crippen LogP contribution in [0.2, 0.25) is 0 Å². The van der Waals surface area contributed by atoms with E-state index in [0.29, 0.717) is 0 Å². The number of hydrogen-bond acceptors (Lipinski definition) is 1. The largest absolute Gasteiger partial charge is 0.496 e. The van der Waals surface area contributed by atoms with E-state index < -0.39 is 0 Å². The molecule has 13 heavy (non-hydrogen) atoms. The quantitative estimate of drug-likeness (QED) is 0.671. The number of rotatable bonds is 2. The summed E-state index contributed by atoms with van der Waals surface area (Å²) in [5.41, 5.74) is 4.62. The second kappa shape index (κ2) is 3.65. The predicted molar refractivity (Wildman–Crippen MR) is 57.2 cm³/mol. The van der Waals surface area contributed by atoms with Crippen molar-refractivity contribution in [2.45, 2.75) is 20.8 Å². The summed E-state index contributed by atoms with van der Waals surface area (Å²) >= 11 is 0. The Labute approximate surface area is 80.0 Å². The Hall–Kier alpha value is -1.24. The van der Waals surface area contributed by atoms with E-state index in [1.165, 1.54) is 16.7 Å². The molecule has 0 radical (unpaired) electrons. The standard InChI is InChI=1S/C12H16O/c1-8(2)11-6-9(3)12(13-5)10(4)7-11/h6-7H,1H2,2-5H3. The molecule has 1 aromatic rings. The fourth-order valence-electron chi connectivity index (χ4n) is 1.52. The number of allylic oxidation sites excluding steroid dienone is 1. The van der Waals surface area contributed by atoms with Crippen LogP contribution in [-0.2, 0) is 0 Å². The van der Waals surface area contributed by atoms with E-state index in [-0.39, 0.29) is 0 Å². The van der Waals surface area contributed by atoms with E-state index >= 15 is 0 Å². The van der Waals surface area contributed by atoms with Crippen molar-refractivity contribution in [1.29, 1.82) is 0 Å². The van der Waals surface area contributed by atoms with Gasteiger partial charge in [-0.2, -0.15) is 0 Å². The van der Waals surface area contributed by atoms with Gasteiger partial charge in [0, 0.05) is 0 Å². The topological polar surface area (TPSA) is 9.23 Å². The van der Waals surface area contributed by atoms with Gasteiger partial charge in [0.15, 0.2) is 0 Å². The summed E-state index contributed by atoms with van der Waals surface area (Å²) in [6.45, 7) is 10.0. The number of ether oxygens (including phenoxy) is 1. The van der Waals surface area contributed by atoms with Crippen LogP contribution < -0.4 is 4.74 Å². The molecule has 0 amide bonds. The monoisotopic (exact) mass is 176 g/mol. The molecule has 0 aliphatic carbocycles. The second-order valence-electron chi connectivity index (χ2n) is 3.42. The summed E-state index contributed by atoms with van der Waals surface area (Å²) in [4.78, 5) is 0. The van der Waals surface area contributed by atoms with Crippen LogP contribution in [0.5, 0.6) is 5.75 Å². The van der Waals surface area contributed by atoms with E-state index in [2.05, 4.69) is 32.6 Å². The maximum Gasteiger partial charge on any atom is 0.124 e. The van der Waals surface area contributed by atoms with E-state index in [4.69, 9.17) is 4.74 Å². The van der Waals surface area contributed by atoms with Crippen molar-refractivity contribution in [2.75, 3.05) is 7.11 Å². The van der Waals surface area contributed by atoms with Gasteiger partial charge in [-0.05, 0) is 49.6 Å². The van der Waals surface area contributed by atoms with Crippen LogP contribution in [0.25, 0.3) is 5.57 Å². The molecule has 70 valence electrons. The van der Waals surface area contributed by atoms with Crippen LogP contribution in [0.15, 0.2) is 18.7 Å². The predicted octanol–water partition coefficient (Wildman–Crippen LogP) is 3.35. The number of benzene rings is 1. The average Bonchev–Trinajstić information content (AvgIpc) is 2.03. The van der Waals surface area contributed by atoms with Crippen LogP contribution in [0.4, 0.5) is 0 Å². The zero-order chi connectivity index (χ0) is 10.0. The van der Waals surface area contributed by atoms with Crippen LogP contribution in [0.3, 0.4) is 0 Å². The Morgan fingerprint density at radius 3 is 2.00 bits per heavy atom. The molecule has 0 spiro atoms. The fourth-order valence-corrected chi connectivity index (χ4v) is 1.52. The summed E-state index contributed by atoms with van der Waals surface area (Å²) in [5, 5.41) is 0. The van der Waals surface area contributed by atoms with Crippen molar-refractivity contribution in [3.8, 4) is 5.75 Å². The van der Waals surface area contributed by atoms with Gasteiger partial charge in [-0.15, -0.1) is 0 Å². The molecule has 0 N–H and O–H groups in total. The first kappa shape index (κ1) is 9.85. The van der Waals surface area contributed by atoms with Gasteiger partial charge in [0.25, 0.3) is 0 Å². The van der Waals surface area contributed by atoms with E-state index in [1.807, 2.05) is 6.92 Å². The lowest BCUT2D eigenvalue weighted by Gasteiger charge is -2.10. The van der Waals surface area contributed by atoms with Crippen molar-refractivity contribution in [1.82, 2.24) is 0 Å². The Balaban J connectivity index is 3.28. The zero-order valence-corrected chi connectivity index (χ0v) is 8.77. The molecule has 1 nitrogen and oxygen atoms in total. The minimum atomic E-state index is 0.977. The normalized spacial score (nSPS) is 9.85. The van der Waals surface area contributed by atoms with Gasteiger partial charge < -0.3 is 4.74 Å². The Morgan fingerprint density at radius 1 is 1.23 bits per heavy atom. The molecular formula is C12H16O. The molecule has 0 atom stereocenters. The molecule has 0 aromatic heterocycles. The third kappa shape index (κ3) is 1.92. The average molecular weight is 176 g/mol. The van der Waals surface area contributed by atoms with Crippen molar-refractivity contribution >= 4 is 5.57 Å². The van der Waals surface area contributed by atoms with Crippen LogP contribution >= 0.6 is 0 Å². The molecular weight excluding hydrogens is 160 g/mol. The van der Waals surface area contributed by atoms with Gasteiger partial charge in [-0.25, -0.2) is 0 Å². The highest BCUT2D eigenvalue weighted by Crippen LogP contribution is 2.26. The van der Waals surface area contributed by atoms with E-state index in [0.717, 1.165) is 11.3 Å². The molecule has 1 aromatic carbocycles. The maximum atomic E-state index is 5.28. The van der Waals surface area contributed by atoms with Gasteiger partial charge in [-0.1, -0.05) is 12.2 Å². The second-order valence-corrected chi connectivity index (χ2v) is 3.42. The molecule has 0 fully saturated rings. The lowest BCUT2D eigenvalue weighted by molar-refractivity contribution is 0.408. The highest BCUT2D eigenvalue weighted by atomic mass is 16.5. The van der Waals surface area contributed by atoms with Crippen molar-refractivity contribution in [2.24, 2.45) is 0 Å².